The van der Waals surface area contributed by atoms with Gasteiger partial charge in [0.2, 0.25) is 5.91 Å². The Bertz CT molecular complexity index is 330. The zero-order valence-corrected chi connectivity index (χ0v) is 12.5. The van der Waals surface area contributed by atoms with Crippen LogP contribution < -0.4 is 11.1 Å². The van der Waals surface area contributed by atoms with Crippen LogP contribution >= 0.6 is 0 Å². The van der Waals surface area contributed by atoms with Crippen LogP contribution in [0.5, 0.6) is 0 Å². The minimum Gasteiger partial charge on any atom is -0.353 e. The lowest BCUT2D eigenvalue weighted by Gasteiger charge is -2.36. The number of carbonyl (C=O) groups is 1. The number of amides is 1. The van der Waals surface area contributed by atoms with Gasteiger partial charge in [-0.05, 0) is 37.6 Å². The Morgan fingerprint density at radius 2 is 1.84 bits per heavy atom. The Balaban J connectivity index is 1.81. The monoisotopic (exact) mass is 286 g/mol. The van der Waals surface area contributed by atoms with Crippen molar-refractivity contribution < 1.29 is 9.00 Å². The third-order valence-electron chi connectivity index (χ3n) is 4.64. The molecule has 1 aliphatic carbocycles. The molecule has 0 bridgehead atoms. The number of nitrogens with one attached hydrogen (secondary N) is 1. The van der Waals surface area contributed by atoms with Crippen LogP contribution in [0.2, 0.25) is 0 Å². The van der Waals surface area contributed by atoms with Crippen molar-refractivity contribution in [2.45, 2.75) is 57.4 Å². The second kappa shape index (κ2) is 6.84. The van der Waals surface area contributed by atoms with E-state index in [4.69, 9.17) is 5.73 Å². The van der Waals surface area contributed by atoms with Gasteiger partial charge in [-0.1, -0.05) is 19.3 Å². The van der Waals surface area contributed by atoms with Crippen LogP contribution in [0.1, 0.15) is 51.4 Å². The smallest absolute Gasteiger partial charge is 0.220 e. The molecule has 19 heavy (non-hydrogen) atoms. The molecule has 0 aromatic carbocycles. The lowest BCUT2D eigenvalue weighted by Crippen LogP contribution is -2.44. The van der Waals surface area contributed by atoms with Gasteiger partial charge in [0.25, 0.3) is 0 Å². The molecule has 3 N–H and O–H groups in total. The van der Waals surface area contributed by atoms with Gasteiger partial charge in [-0.15, -0.1) is 0 Å². The molecular formula is C14H26N2O2S. The van der Waals surface area contributed by atoms with Crippen molar-refractivity contribution in [2.75, 3.05) is 18.1 Å². The highest BCUT2D eigenvalue weighted by Crippen LogP contribution is 2.38. The van der Waals surface area contributed by atoms with E-state index in [0.29, 0.717) is 13.0 Å². The summed E-state index contributed by atoms with van der Waals surface area (Å²) in [6, 6.07) is 0.226. The largest absolute Gasteiger partial charge is 0.353 e. The van der Waals surface area contributed by atoms with E-state index in [1.807, 2.05) is 0 Å². The number of carbonyl (C=O) groups excluding carboxylic acids is 1. The molecule has 1 aliphatic heterocycles. The van der Waals surface area contributed by atoms with Gasteiger partial charge in [0.1, 0.15) is 0 Å². The average molecular weight is 286 g/mol. The van der Waals surface area contributed by atoms with Gasteiger partial charge in [0, 0.05) is 34.8 Å². The van der Waals surface area contributed by atoms with Gasteiger partial charge in [0.05, 0.1) is 0 Å². The van der Waals surface area contributed by atoms with Gasteiger partial charge < -0.3 is 11.1 Å². The lowest BCUT2D eigenvalue weighted by atomic mass is 9.71. The summed E-state index contributed by atoms with van der Waals surface area (Å²) in [5.74, 6) is 1.60. The zero-order valence-electron chi connectivity index (χ0n) is 11.7. The van der Waals surface area contributed by atoms with Crippen LogP contribution in [-0.4, -0.2) is 34.2 Å². The van der Waals surface area contributed by atoms with Gasteiger partial charge in [-0.2, -0.15) is 0 Å². The Morgan fingerprint density at radius 3 is 2.42 bits per heavy atom. The third-order valence-corrected chi connectivity index (χ3v) is 6.02. The molecule has 0 unspecified atom stereocenters. The molecule has 0 spiro atoms. The van der Waals surface area contributed by atoms with E-state index < -0.39 is 10.8 Å². The second-order valence-electron chi connectivity index (χ2n) is 6.13. The predicted molar refractivity (Wildman–Crippen MR) is 78.2 cm³/mol. The highest BCUT2D eigenvalue weighted by atomic mass is 32.2. The second-order valence-corrected chi connectivity index (χ2v) is 7.83. The summed E-state index contributed by atoms with van der Waals surface area (Å²) >= 11 is 0. The van der Waals surface area contributed by atoms with E-state index in [-0.39, 0.29) is 17.4 Å². The van der Waals surface area contributed by atoms with Gasteiger partial charge in [-0.25, -0.2) is 0 Å². The van der Waals surface area contributed by atoms with Gasteiger partial charge >= 0.3 is 0 Å². The van der Waals surface area contributed by atoms with Crippen molar-refractivity contribution in [3.63, 3.8) is 0 Å². The zero-order chi connectivity index (χ0) is 13.7. The molecule has 2 fully saturated rings. The van der Waals surface area contributed by atoms with Crippen LogP contribution in [0.25, 0.3) is 0 Å². The molecule has 2 aliphatic rings. The van der Waals surface area contributed by atoms with E-state index in [0.717, 1.165) is 37.2 Å². The first-order chi connectivity index (χ1) is 9.13. The maximum Gasteiger partial charge on any atom is 0.220 e. The first kappa shape index (κ1) is 15.0. The summed E-state index contributed by atoms with van der Waals surface area (Å²) in [4.78, 5) is 12.2. The Morgan fingerprint density at radius 1 is 1.21 bits per heavy atom. The Kier molecular flexibility index (Phi) is 5.39. The van der Waals surface area contributed by atoms with Crippen molar-refractivity contribution >= 4 is 16.7 Å². The van der Waals surface area contributed by atoms with Gasteiger partial charge in [0.15, 0.2) is 0 Å². The fourth-order valence-electron chi connectivity index (χ4n) is 3.31. The maximum atomic E-state index is 12.2. The summed E-state index contributed by atoms with van der Waals surface area (Å²) in [5.41, 5.74) is 5.96. The van der Waals surface area contributed by atoms with Crippen LogP contribution in [0.15, 0.2) is 0 Å². The number of hydrogen-bond acceptors (Lipinski definition) is 3. The third kappa shape index (κ3) is 4.28. The van der Waals surface area contributed by atoms with E-state index in [1.165, 1.54) is 19.3 Å². The van der Waals surface area contributed by atoms with Crippen LogP contribution in [-0.2, 0) is 15.6 Å². The molecule has 0 atom stereocenters. The summed E-state index contributed by atoms with van der Waals surface area (Å²) < 4.78 is 11.3. The topological polar surface area (TPSA) is 72.2 Å². The SMILES string of the molecule is NCC1(CC(=O)NC2CCS(=O)CC2)CCCCC1. The van der Waals surface area contributed by atoms with Gasteiger partial charge in [-0.3, -0.25) is 9.00 Å². The number of hydrogen-bond donors (Lipinski definition) is 2. The van der Waals surface area contributed by atoms with Crippen molar-refractivity contribution in [2.24, 2.45) is 11.1 Å². The molecular weight excluding hydrogens is 260 g/mol. The summed E-state index contributed by atoms with van der Waals surface area (Å²) in [7, 11) is -0.663. The molecule has 110 valence electrons. The van der Waals surface area contributed by atoms with E-state index in [9.17, 15) is 9.00 Å². The number of rotatable bonds is 4. The number of nitrogens with two attached hydrogens (primary N) is 1. The standard InChI is InChI=1S/C14H26N2O2S/c15-11-14(6-2-1-3-7-14)10-13(17)16-12-4-8-19(18)9-5-12/h12H,1-11,15H2,(H,16,17). The summed E-state index contributed by atoms with van der Waals surface area (Å²) in [6.45, 7) is 0.620. The van der Waals surface area contributed by atoms with Crippen LogP contribution in [0.3, 0.4) is 0 Å². The maximum absolute atomic E-state index is 12.2. The molecule has 0 aromatic rings. The molecule has 5 heteroatoms. The molecule has 1 saturated carbocycles. The van der Waals surface area contributed by atoms with Crippen molar-refractivity contribution in [1.29, 1.82) is 0 Å². The molecule has 4 nitrogen and oxygen atoms in total. The predicted octanol–water partition coefficient (Wildman–Crippen LogP) is 1.31. The molecule has 1 heterocycles. The first-order valence-electron chi connectivity index (χ1n) is 7.48. The molecule has 1 amide bonds. The highest BCUT2D eigenvalue weighted by Gasteiger charge is 2.33. The molecule has 1 saturated heterocycles. The van der Waals surface area contributed by atoms with Crippen molar-refractivity contribution in [3.05, 3.63) is 0 Å². The summed E-state index contributed by atoms with van der Waals surface area (Å²) in [5, 5.41) is 3.12. The van der Waals surface area contributed by atoms with E-state index in [1.54, 1.807) is 0 Å². The molecule has 0 radical (unpaired) electrons. The Hall–Kier alpha value is -0.420. The molecule has 0 aromatic heterocycles. The van der Waals surface area contributed by atoms with Crippen LogP contribution in [0, 0.1) is 5.41 Å². The first-order valence-corrected chi connectivity index (χ1v) is 8.97. The normalized spacial score (nSPS) is 30.8. The fraction of sp³-hybridized carbons (Fsp3) is 0.929. The highest BCUT2D eigenvalue weighted by molar-refractivity contribution is 7.85. The minimum atomic E-state index is -0.663. The molecule has 2 rings (SSSR count). The summed E-state index contributed by atoms with van der Waals surface area (Å²) in [6.07, 6.45) is 8.14. The Labute approximate surface area is 118 Å². The van der Waals surface area contributed by atoms with E-state index in [2.05, 4.69) is 5.32 Å². The minimum absolute atomic E-state index is 0.0415. The van der Waals surface area contributed by atoms with Crippen LogP contribution in [0.4, 0.5) is 0 Å². The van der Waals surface area contributed by atoms with E-state index >= 15 is 0 Å². The average Bonchev–Trinajstić information content (AvgIpc) is 2.42. The fourth-order valence-corrected chi connectivity index (χ4v) is 4.61. The van der Waals surface area contributed by atoms with Crippen molar-refractivity contribution in [3.8, 4) is 0 Å². The quantitative estimate of drug-likeness (QED) is 0.818. The van der Waals surface area contributed by atoms with Crippen molar-refractivity contribution in [1.82, 2.24) is 5.32 Å². The lowest BCUT2D eigenvalue weighted by molar-refractivity contribution is -0.124.